The smallest absolute Gasteiger partial charge is 0.302 e. The first-order valence-electron chi connectivity index (χ1n) is 15.6. The molecule has 0 radical (unpaired) electrons. The molecule has 4 aromatic carbocycles. The Kier molecular flexibility index (Phi) is 13.3. The second-order valence-corrected chi connectivity index (χ2v) is 11.0. The summed E-state index contributed by atoms with van der Waals surface area (Å²) in [7, 11) is 0. The molecule has 0 bridgehead atoms. The molecule has 8 heteroatoms. The minimum Gasteiger partial charge on any atom is -0.463 e. The summed E-state index contributed by atoms with van der Waals surface area (Å²) in [6.07, 6.45) is -3.67. The molecule has 1 fully saturated rings. The summed E-state index contributed by atoms with van der Waals surface area (Å²) in [6.45, 7) is 3.29. The van der Waals surface area contributed by atoms with Gasteiger partial charge >= 0.3 is 5.97 Å². The number of carbonyl (C=O) groups is 1. The van der Waals surface area contributed by atoms with E-state index in [-0.39, 0.29) is 26.4 Å². The Morgan fingerprint density at radius 3 is 1.41 bits per heavy atom. The zero-order valence-electron chi connectivity index (χ0n) is 26.1. The molecule has 1 heterocycles. The van der Waals surface area contributed by atoms with E-state index in [0.29, 0.717) is 19.8 Å². The van der Waals surface area contributed by atoms with Crippen molar-refractivity contribution in [2.24, 2.45) is 0 Å². The number of hydrogen-bond donors (Lipinski definition) is 0. The lowest BCUT2D eigenvalue weighted by Gasteiger charge is -2.38. The normalized spacial score (nSPS) is 16.0. The molecule has 0 spiro atoms. The van der Waals surface area contributed by atoms with Gasteiger partial charge in [0.05, 0.1) is 39.6 Å². The third kappa shape index (κ3) is 10.6. The lowest BCUT2D eigenvalue weighted by Crippen LogP contribution is -2.54. The van der Waals surface area contributed by atoms with Gasteiger partial charge in [0.1, 0.15) is 31.0 Å². The molecule has 0 aliphatic carbocycles. The molecular formula is C38H42O8. The summed E-state index contributed by atoms with van der Waals surface area (Å²) >= 11 is 0. The average Bonchev–Trinajstić information content (AvgIpc) is 3.64. The lowest BCUT2D eigenvalue weighted by atomic mass is 10.0. The predicted octanol–water partition coefficient (Wildman–Crippen LogP) is 6.26. The van der Waals surface area contributed by atoms with Crippen LogP contribution < -0.4 is 0 Å². The van der Waals surface area contributed by atoms with Gasteiger partial charge < -0.3 is 33.2 Å². The molecule has 5 rings (SSSR count). The number of rotatable bonds is 18. The number of ether oxygens (including phenoxy) is 7. The first-order chi connectivity index (χ1) is 22.7. The fourth-order valence-electron chi connectivity index (χ4n) is 5.20. The van der Waals surface area contributed by atoms with Gasteiger partial charge in [-0.1, -0.05) is 121 Å². The molecule has 4 aromatic rings. The summed E-state index contributed by atoms with van der Waals surface area (Å²) in [6, 6.07) is 39.5. The molecule has 1 aliphatic heterocycles. The first-order valence-corrected chi connectivity index (χ1v) is 15.6. The molecule has 1 saturated heterocycles. The molecule has 0 amide bonds. The Labute approximate surface area is 271 Å². The fourth-order valence-corrected chi connectivity index (χ4v) is 5.20. The van der Waals surface area contributed by atoms with Crippen LogP contribution in [0.4, 0.5) is 0 Å². The van der Waals surface area contributed by atoms with Gasteiger partial charge in [0.25, 0.3) is 0 Å². The summed E-state index contributed by atoms with van der Waals surface area (Å²) in [5.74, 6) is -0.420. The average molecular weight is 627 g/mol. The van der Waals surface area contributed by atoms with Crippen LogP contribution in [-0.2, 0) is 64.4 Å². The van der Waals surface area contributed by atoms with Crippen molar-refractivity contribution < 1.29 is 38.0 Å². The third-order valence-corrected chi connectivity index (χ3v) is 7.54. The maximum Gasteiger partial charge on any atom is 0.302 e. The van der Waals surface area contributed by atoms with Crippen LogP contribution in [0.15, 0.2) is 121 Å². The molecular weight excluding hydrogens is 584 g/mol. The zero-order valence-corrected chi connectivity index (χ0v) is 26.1. The van der Waals surface area contributed by atoms with Crippen molar-refractivity contribution in [2.45, 2.75) is 64.1 Å². The van der Waals surface area contributed by atoms with E-state index in [1.165, 1.54) is 6.92 Å². The van der Waals surface area contributed by atoms with Gasteiger partial charge in [-0.25, -0.2) is 0 Å². The van der Waals surface area contributed by atoms with Crippen molar-refractivity contribution in [2.75, 3.05) is 19.8 Å². The second-order valence-electron chi connectivity index (χ2n) is 11.0. The molecule has 242 valence electrons. The Morgan fingerprint density at radius 1 is 0.587 bits per heavy atom. The van der Waals surface area contributed by atoms with Crippen molar-refractivity contribution in [3.63, 3.8) is 0 Å². The van der Waals surface area contributed by atoms with Gasteiger partial charge in [-0.3, -0.25) is 4.79 Å². The molecule has 0 unspecified atom stereocenters. The SMILES string of the molecule is CC(=O)OC[C@@H](OCc1ccccc1)[C@@H](OCc1ccccc1)[C@H](OCc1ccccc1)[C@@H](OCc1ccccc1)C1OCCO1. The van der Waals surface area contributed by atoms with Crippen molar-refractivity contribution in [1.29, 1.82) is 0 Å². The second kappa shape index (κ2) is 18.3. The number of esters is 1. The highest BCUT2D eigenvalue weighted by atomic mass is 16.7. The van der Waals surface area contributed by atoms with Crippen LogP contribution in [0.2, 0.25) is 0 Å². The van der Waals surface area contributed by atoms with Gasteiger partial charge in [-0.2, -0.15) is 0 Å². The van der Waals surface area contributed by atoms with Gasteiger partial charge in [0, 0.05) is 6.92 Å². The van der Waals surface area contributed by atoms with E-state index >= 15 is 0 Å². The number of benzene rings is 4. The maximum absolute atomic E-state index is 12.1. The predicted molar refractivity (Wildman–Crippen MR) is 172 cm³/mol. The summed E-state index contributed by atoms with van der Waals surface area (Å²) in [4.78, 5) is 12.1. The van der Waals surface area contributed by atoms with Crippen molar-refractivity contribution in [3.8, 4) is 0 Å². The maximum atomic E-state index is 12.1. The van der Waals surface area contributed by atoms with Crippen LogP contribution in [0, 0.1) is 0 Å². The molecule has 4 atom stereocenters. The Bertz CT molecular complexity index is 1400. The minimum absolute atomic E-state index is 0.0510. The molecule has 8 nitrogen and oxygen atoms in total. The summed E-state index contributed by atoms with van der Waals surface area (Å²) in [5, 5.41) is 0. The van der Waals surface area contributed by atoms with Gasteiger partial charge in [-0.05, 0) is 22.3 Å². The van der Waals surface area contributed by atoms with Crippen molar-refractivity contribution in [3.05, 3.63) is 144 Å². The highest BCUT2D eigenvalue weighted by molar-refractivity contribution is 5.65. The molecule has 0 N–H and O–H groups in total. The fraction of sp³-hybridized carbons (Fsp3) is 0.342. The van der Waals surface area contributed by atoms with E-state index in [2.05, 4.69) is 0 Å². The Hall–Kier alpha value is -3.89. The third-order valence-electron chi connectivity index (χ3n) is 7.54. The standard InChI is InChI=1S/C38H42O8/c1-29(39)42-28-34(43-24-30-14-6-2-7-15-30)35(44-25-31-16-8-3-9-17-31)36(45-26-32-18-10-4-11-19-32)37(38-40-22-23-41-38)46-27-33-20-12-5-13-21-33/h2-21,34-38H,22-28H2,1H3/t34-,35-,36+,37-/m1/s1. The first kappa shape index (κ1) is 33.5. The highest BCUT2D eigenvalue weighted by Crippen LogP contribution is 2.28. The summed E-state index contributed by atoms with van der Waals surface area (Å²) < 4.78 is 44.3. The quantitative estimate of drug-likeness (QED) is 0.120. The minimum atomic E-state index is -0.763. The lowest BCUT2D eigenvalue weighted by molar-refractivity contribution is -0.241. The van der Waals surface area contributed by atoms with E-state index in [1.807, 2.05) is 121 Å². The topological polar surface area (TPSA) is 81.7 Å². The van der Waals surface area contributed by atoms with Gasteiger partial charge in [0.15, 0.2) is 6.29 Å². The van der Waals surface area contributed by atoms with E-state index in [4.69, 9.17) is 33.2 Å². The van der Waals surface area contributed by atoms with Crippen LogP contribution in [0.25, 0.3) is 0 Å². The van der Waals surface area contributed by atoms with Crippen molar-refractivity contribution in [1.82, 2.24) is 0 Å². The zero-order chi connectivity index (χ0) is 31.8. The number of carbonyl (C=O) groups excluding carboxylic acids is 1. The molecule has 0 saturated carbocycles. The van der Waals surface area contributed by atoms with E-state index < -0.39 is 36.7 Å². The van der Waals surface area contributed by atoms with Crippen LogP contribution in [-0.4, -0.2) is 56.5 Å². The van der Waals surface area contributed by atoms with Crippen LogP contribution in [0.5, 0.6) is 0 Å². The van der Waals surface area contributed by atoms with Gasteiger partial charge in [0.2, 0.25) is 0 Å². The molecule has 1 aliphatic rings. The Balaban J connectivity index is 1.50. The summed E-state index contributed by atoms with van der Waals surface area (Å²) in [5.41, 5.74) is 3.91. The van der Waals surface area contributed by atoms with E-state index in [9.17, 15) is 4.79 Å². The van der Waals surface area contributed by atoms with E-state index in [0.717, 1.165) is 22.3 Å². The van der Waals surface area contributed by atoms with Crippen molar-refractivity contribution >= 4 is 5.97 Å². The molecule has 0 aromatic heterocycles. The van der Waals surface area contributed by atoms with Crippen LogP contribution in [0.3, 0.4) is 0 Å². The van der Waals surface area contributed by atoms with Crippen LogP contribution in [0.1, 0.15) is 29.2 Å². The van der Waals surface area contributed by atoms with Gasteiger partial charge in [-0.15, -0.1) is 0 Å². The monoisotopic (exact) mass is 626 g/mol. The van der Waals surface area contributed by atoms with Crippen LogP contribution >= 0.6 is 0 Å². The largest absolute Gasteiger partial charge is 0.463 e. The van der Waals surface area contributed by atoms with E-state index in [1.54, 1.807) is 0 Å². The highest BCUT2D eigenvalue weighted by Gasteiger charge is 2.44. The Morgan fingerprint density at radius 2 is 0.978 bits per heavy atom. The number of hydrogen-bond acceptors (Lipinski definition) is 8. The molecule has 46 heavy (non-hydrogen) atoms.